The molecule has 5 nitrogen and oxygen atoms in total. The van der Waals surface area contributed by atoms with E-state index in [1.807, 2.05) is 11.4 Å². The lowest BCUT2D eigenvalue weighted by Crippen LogP contribution is -2.50. The number of piperidine rings is 1. The van der Waals surface area contributed by atoms with E-state index in [2.05, 4.69) is 0 Å². The number of carbonyl (C=O) groups is 2. The second kappa shape index (κ2) is 5.49. The van der Waals surface area contributed by atoms with E-state index in [9.17, 15) is 9.59 Å². The minimum Gasteiger partial charge on any atom is -0.480 e. The Hall–Kier alpha value is -1.40. The molecule has 18 heavy (non-hydrogen) atoms. The highest BCUT2D eigenvalue weighted by Gasteiger charge is 2.34. The molecule has 0 saturated carbocycles. The Labute approximate surface area is 109 Å². The first kappa shape index (κ1) is 13.0. The van der Waals surface area contributed by atoms with Crippen LogP contribution in [0.25, 0.3) is 0 Å². The maximum Gasteiger partial charge on any atom is 0.326 e. The molecule has 98 valence electrons. The topological polar surface area (TPSA) is 83.6 Å². The van der Waals surface area contributed by atoms with Crippen LogP contribution < -0.4 is 5.73 Å². The molecule has 1 amide bonds. The zero-order valence-corrected chi connectivity index (χ0v) is 10.7. The van der Waals surface area contributed by atoms with Crippen molar-refractivity contribution >= 4 is 23.2 Å². The minimum absolute atomic E-state index is 0.287. The number of nitrogens with two attached hydrogens (primary N) is 1. The van der Waals surface area contributed by atoms with Gasteiger partial charge in [0.15, 0.2) is 0 Å². The number of hydrogen-bond acceptors (Lipinski definition) is 4. The molecule has 0 bridgehead atoms. The summed E-state index contributed by atoms with van der Waals surface area (Å²) in [6.07, 6.45) is 2.19. The molecule has 1 aromatic rings. The standard InChI is InChI=1S/C12H16N2O3S/c13-10(9-5-3-7-18-9)11(15)14-6-2-1-4-8(14)12(16)17/h3,5,7-8,10H,1-2,4,6,13H2,(H,16,17)/t8-,10?/m1/s1. The predicted octanol–water partition coefficient (Wildman–Crippen LogP) is 1.21. The normalized spacial score (nSPS) is 21.6. The number of amides is 1. The van der Waals surface area contributed by atoms with Crippen molar-refractivity contribution in [1.82, 2.24) is 4.90 Å². The van der Waals surface area contributed by atoms with E-state index in [1.165, 1.54) is 16.2 Å². The number of hydrogen-bond donors (Lipinski definition) is 2. The van der Waals surface area contributed by atoms with Crippen LogP contribution in [-0.2, 0) is 9.59 Å². The van der Waals surface area contributed by atoms with Crippen molar-refractivity contribution in [3.05, 3.63) is 22.4 Å². The summed E-state index contributed by atoms with van der Waals surface area (Å²) in [5.74, 6) is -1.23. The predicted molar refractivity (Wildman–Crippen MR) is 68.2 cm³/mol. The quantitative estimate of drug-likeness (QED) is 0.863. The Balaban J connectivity index is 2.13. The van der Waals surface area contributed by atoms with Gasteiger partial charge in [-0.3, -0.25) is 4.79 Å². The van der Waals surface area contributed by atoms with E-state index in [0.717, 1.165) is 17.7 Å². The Morgan fingerprint density at radius 1 is 1.50 bits per heavy atom. The first-order chi connectivity index (χ1) is 8.61. The van der Waals surface area contributed by atoms with Crippen molar-refractivity contribution in [1.29, 1.82) is 0 Å². The van der Waals surface area contributed by atoms with E-state index in [0.29, 0.717) is 13.0 Å². The zero-order chi connectivity index (χ0) is 13.1. The van der Waals surface area contributed by atoms with Crippen LogP contribution in [0.2, 0.25) is 0 Å². The van der Waals surface area contributed by atoms with Crippen LogP contribution in [0.3, 0.4) is 0 Å². The minimum atomic E-state index is -0.943. The molecule has 1 fully saturated rings. The molecule has 0 radical (unpaired) electrons. The molecule has 1 aromatic heterocycles. The van der Waals surface area contributed by atoms with Crippen LogP contribution in [0.15, 0.2) is 17.5 Å². The maximum absolute atomic E-state index is 12.3. The molecule has 2 rings (SSSR count). The number of rotatable bonds is 3. The average molecular weight is 268 g/mol. The summed E-state index contributed by atoms with van der Waals surface area (Å²) < 4.78 is 0. The lowest BCUT2D eigenvalue weighted by molar-refractivity contribution is -0.152. The van der Waals surface area contributed by atoms with Crippen molar-refractivity contribution in [2.24, 2.45) is 5.73 Å². The van der Waals surface area contributed by atoms with E-state index in [1.54, 1.807) is 6.07 Å². The third kappa shape index (κ3) is 2.54. The van der Waals surface area contributed by atoms with Crippen LogP contribution in [0.5, 0.6) is 0 Å². The molecule has 1 unspecified atom stereocenters. The van der Waals surface area contributed by atoms with Gasteiger partial charge in [0, 0.05) is 11.4 Å². The van der Waals surface area contributed by atoms with Crippen molar-refractivity contribution < 1.29 is 14.7 Å². The second-order valence-electron chi connectivity index (χ2n) is 4.37. The maximum atomic E-state index is 12.3. The van der Waals surface area contributed by atoms with Gasteiger partial charge in [-0.1, -0.05) is 6.07 Å². The van der Waals surface area contributed by atoms with Crippen molar-refractivity contribution in [2.75, 3.05) is 6.54 Å². The van der Waals surface area contributed by atoms with Crippen molar-refractivity contribution in [3.63, 3.8) is 0 Å². The average Bonchev–Trinajstić information content (AvgIpc) is 2.90. The van der Waals surface area contributed by atoms with Crippen molar-refractivity contribution in [3.8, 4) is 0 Å². The van der Waals surface area contributed by atoms with E-state index >= 15 is 0 Å². The number of carboxylic acid groups (broad SMARTS) is 1. The molecule has 6 heteroatoms. The summed E-state index contributed by atoms with van der Waals surface area (Å²) in [6, 6.07) is 2.16. The van der Waals surface area contributed by atoms with E-state index in [-0.39, 0.29) is 5.91 Å². The first-order valence-electron chi connectivity index (χ1n) is 5.93. The summed E-state index contributed by atoms with van der Waals surface area (Å²) in [5.41, 5.74) is 5.90. The van der Waals surface area contributed by atoms with Gasteiger partial charge in [0.1, 0.15) is 12.1 Å². The Bertz CT molecular complexity index is 433. The van der Waals surface area contributed by atoms with Gasteiger partial charge >= 0.3 is 5.97 Å². The van der Waals surface area contributed by atoms with Crippen LogP contribution in [0.4, 0.5) is 0 Å². The lowest BCUT2D eigenvalue weighted by Gasteiger charge is -2.34. The Morgan fingerprint density at radius 3 is 2.89 bits per heavy atom. The number of likely N-dealkylation sites (tertiary alicyclic amines) is 1. The van der Waals surface area contributed by atoms with Crippen molar-refractivity contribution in [2.45, 2.75) is 31.3 Å². The number of aliphatic carboxylic acids is 1. The van der Waals surface area contributed by atoms with Crippen LogP contribution in [0.1, 0.15) is 30.2 Å². The molecule has 0 spiro atoms. The van der Waals surface area contributed by atoms with Gasteiger partial charge in [0.05, 0.1) is 0 Å². The molecule has 2 atom stereocenters. The molecular weight excluding hydrogens is 252 g/mol. The van der Waals surface area contributed by atoms with Gasteiger partial charge < -0.3 is 15.7 Å². The molecule has 2 heterocycles. The third-order valence-corrected chi connectivity index (χ3v) is 4.14. The van der Waals surface area contributed by atoms with Crippen LogP contribution >= 0.6 is 11.3 Å². The zero-order valence-electron chi connectivity index (χ0n) is 9.91. The van der Waals surface area contributed by atoms with Gasteiger partial charge in [-0.05, 0) is 30.7 Å². The fourth-order valence-electron chi connectivity index (χ4n) is 2.22. The highest BCUT2D eigenvalue weighted by Crippen LogP contribution is 2.24. The second-order valence-corrected chi connectivity index (χ2v) is 5.35. The largest absolute Gasteiger partial charge is 0.480 e. The lowest BCUT2D eigenvalue weighted by atomic mass is 10.0. The number of carbonyl (C=O) groups excluding carboxylic acids is 1. The number of nitrogens with zero attached hydrogens (tertiary/aromatic N) is 1. The highest BCUT2D eigenvalue weighted by molar-refractivity contribution is 7.10. The fraction of sp³-hybridized carbons (Fsp3) is 0.500. The van der Waals surface area contributed by atoms with Gasteiger partial charge in [-0.15, -0.1) is 11.3 Å². The Morgan fingerprint density at radius 2 is 2.28 bits per heavy atom. The third-order valence-electron chi connectivity index (χ3n) is 3.19. The Kier molecular flexibility index (Phi) is 3.98. The van der Waals surface area contributed by atoms with E-state index < -0.39 is 18.1 Å². The van der Waals surface area contributed by atoms with Gasteiger partial charge in [-0.25, -0.2) is 4.79 Å². The van der Waals surface area contributed by atoms with Crippen LogP contribution in [-0.4, -0.2) is 34.5 Å². The molecule has 0 aliphatic carbocycles. The van der Waals surface area contributed by atoms with Gasteiger partial charge in [-0.2, -0.15) is 0 Å². The number of carboxylic acids is 1. The molecular formula is C12H16N2O3S. The molecule has 0 aromatic carbocycles. The van der Waals surface area contributed by atoms with Gasteiger partial charge in [0.2, 0.25) is 5.91 Å². The summed E-state index contributed by atoms with van der Waals surface area (Å²) in [5, 5.41) is 11.0. The highest BCUT2D eigenvalue weighted by atomic mass is 32.1. The summed E-state index contributed by atoms with van der Waals surface area (Å²) in [4.78, 5) is 25.6. The molecule has 1 aliphatic rings. The number of thiophene rings is 1. The summed E-state index contributed by atoms with van der Waals surface area (Å²) >= 11 is 1.41. The summed E-state index contributed by atoms with van der Waals surface area (Å²) in [7, 11) is 0. The van der Waals surface area contributed by atoms with Crippen LogP contribution in [0, 0.1) is 0 Å². The fourth-order valence-corrected chi connectivity index (χ4v) is 2.94. The molecule has 1 saturated heterocycles. The van der Waals surface area contributed by atoms with E-state index in [4.69, 9.17) is 10.8 Å². The first-order valence-corrected chi connectivity index (χ1v) is 6.81. The monoisotopic (exact) mass is 268 g/mol. The smallest absolute Gasteiger partial charge is 0.326 e. The molecule has 3 N–H and O–H groups in total. The SMILES string of the molecule is NC(C(=O)N1CCCC[C@@H]1C(=O)O)c1cccs1. The van der Waals surface area contributed by atoms with Gasteiger partial charge in [0.25, 0.3) is 0 Å². The summed E-state index contributed by atoms with van der Waals surface area (Å²) in [6.45, 7) is 0.481. The molecule has 1 aliphatic heterocycles.